The van der Waals surface area contributed by atoms with E-state index < -0.39 is 0 Å². The molecule has 0 radical (unpaired) electrons. The van der Waals surface area contributed by atoms with Crippen LogP contribution in [0.15, 0.2) is 53.1 Å². The number of likely N-dealkylation sites (N-methyl/N-ethyl adjacent to an activating group) is 1. The molecule has 2 aliphatic rings. The summed E-state index contributed by atoms with van der Waals surface area (Å²) in [5.74, 6) is 0.290. The minimum absolute atomic E-state index is 0.0113. The van der Waals surface area contributed by atoms with Crippen LogP contribution in [-0.2, 0) is 0 Å². The van der Waals surface area contributed by atoms with Gasteiger partial charge in [-0.25, -0.2) is 4.79 Å². The van der Waals surface area contributed by atoms with E-state index in [4.69, 9.17) is 4.42 Å². The van der Waals surface area contributed by atoms with Crippen LogP contribution >= 0.6 is 0 Å². The summed E-state index contributed by atoms with van der Waals surface area (Å²) in [5.41, 5.74) is 1.16. The summed E-state index contributed by atoms with van der Waals surface area (Å²) in [7, 11) is 2.09. The first-order valence-electron chi connectivity index (χ1n) is 10.2. The van der Waals surface area contributed by atoms with Gasteiger partial charge >= 0.3 is 6.03 Å². The predicted octanol–water partition coefficient (Wildman–Crippen LogP) is 2.58. The second-order valence-corrected chi connectivity index (χ2v) is 7.88. The van der Waals surface area contributed by atoms with Crippen molar-refractivity contribution in [2.45, 2.75) is 24.9 Å². The quantitative estimate of drug-likeness (QED) is 0.866. The summed E-state index contributed by atoms with van der Waals surface area (Å²) in [6.07, 6.45) is 3.02. The van der Waals surface area contributed by atoms with Crippen molar-refractivity contribution in [3.05, 3.63) is 60.1 Å². The third-order valence-corrected chi connectivity index (χ3v) is 5.87. The van der Waals surface area contributed by atoms with Gasteiger partial charge in [-0.15, -0.1) is 0 Å². The first-order chi connectivity index (χ1) is 14.1. The second kappa shape index (κ2) is 8.69. The Morgan fingerprint density at radius 3 is 2.45 bits per heavy atom. The number of nitrogens with one attached hydrogen (secondary N) is 1. The molecule has 7 nitrogen and oxygen atoms in total. The Hall–Kier alpha value is -2.80. The maximum Gasteiger partial charge on any atom is 0.318 e. The average Bonchev–Trinajstić information content (AvgIpc) is 3.29. The molecule has 3 amide bonds. The van der Waals surface area contributed by atoms with Crippen molar-refractivity contribution >= 4 is 11.9 Å². The van der Waals surface area contributed by atoms with E-state index in [1.54, 1.807) is 17.0 Å². The number of piperidine rings is 1. The minimum Gasteiger partial charge on any atom is -0.459 e. The Morgan fingerprint density at radius 1 is 1.00 bits per heavy atom. The molecule has 29 heavy (non-hydrogen) atoms. The molecular formula is C22H28N4O3. The van der Waals surface area contributed by atoms with Gasteiger partial charge in [-0.2, -0.15) is 0 Å². The molecule has 0 aliphatic carbocycles. The van der Waals surface area contributed by atoms with E-state index in [9.17, 15) is 9.59 Å². The average molecular weight is 396 g/mol. The van der Waals surface area contributed by atoms with Crippen LogP contribution in [0.1, 0.15) is 35.0 Å². The van der Waals surface area contributed by atoms with Crippen molar-refractivity contribution in [3.8, 4) is 0 Å². The molecule has 1 atom stereocenters. The maximum atomic E-state index is 13.1. The van der Waals surface area contributed by atoms with Crippen molar-refractivity contribution in [2.24, 2.45) is 0 Å². The van der Waals surface area contributed by atoms with Gasteiger partial charge in [0.2, 0.25) is 0 Å². The number of likely N-dealkylation sites (tertiary alicyclic amines) is 1. The Labute approximate surface area is 171 Å². The number of carbonyl (C=O) groups excluding carboxylic acids is 2. The zero-order chi connectivity index (χ0) is 20.2. The summed E-state index contributed by atoms with van der Waals surface area (Å²) in [6.45, 7) is 3.64. The lowest BCUT2D eigenvalue weighted by Gasteiger charge is -2.41. The van der Waals surface area contributed by atoms with E-state index in [0.717, 1.165) is 31.5 Å². The number of carbonyl (C=O) groups is 2. The highest BCUT2D eigenvalue weighted by molar-refractivity contribution is 5.91. The molecule has 3 heterocycles. The van der Waals surface area contributed by atoms with Crippen LogP contribution in [0.4, 0.5) is 4.79 Å². The van der Waals surface area contributed by atoms with Crippen molar-refractivity contribution in [1.82, 2.24) is 20.0 Å². The van der Waals surface area contributed by atoms with Gasteiger partial charge in [0.25, 0.3) is 5.91 Å². The standard InChI is InChI=1S/C22H28N4O3/c1-24-13-14-26(19(16-24)17-6-3-2-4-7-17)22(28)23-18-9-11-25(12-10-18)21(27)20-8-5-15-29-20/h2-8,15,18-19H,9-14,16H2,1H3,(H,23,28). The van der Waals surface area contributed by atoms with Crippen LogP contribution in [0.3, 0.4) is 0 Å². The normalized spacial score (nSPS) is 21.2. The van der Waals surface area contributed by atoms with Gasteiger partial charge in [0.05, 0.1) is 12.3 Å². The summed E-state index contributed by atoms with van der Waals surface area (Å²) in [6, 6.07) is 13.7. The number of piperazine rings is 1. The van der Waals surface area contributed by atoms with Crippen LogP contribution < -0.4 is 5.32 Å². The molecule has 7 heteroatoms. The predicted molar refractivity (Wildman–Crippen MR) is 110 cm³/mol. The van der Waals surface area contributed by atoms with Gasteiger partial charge in [-0.1, -0.05) is 30.3 Å². The van der Waals surface area contributed by atoms with E-state index >= 15 is 0 Å². The number of rotatable bonds is 3. The second-order valence-electron chi connectivity index (χ2n) is 7.88. The largest absolute Gasteiger partial charge is 0.459 e. The molecule has 0 spiro atoms. The van der Waals surface area contributed by atoms with Crippen LogP contribution in [-0.4, -0.2) is 72.5 Å². The van der Waals surface area contributed by atoms with E-state index in [1.807, 2.05) is 23.1 Å². The van der Waals surface area contributed by atoms with Gasteiger partial charge < -0.3 is 24.4 Å². The fourth-order valence-corrected chi connectivity index (χ4v) is 4.16. The fraction of sp³-hybridized carbons (Fsp3) is 0.455. The molecular weight excluding hydrogens is 368 g/mol. The summed E-state index contributed by atoms with van der Waals surface area (Å²) >= 11 is 0. The van der Waals surface area contributed by atoms with Crippen LogP contribution in [0, 0.1) is 0 Å². The maximum absolute atomic E-state index is 13.1. The van der Waals surface area contributed by atoms with E-state index in [0.29, 0.717) is 25.4 Å². The summed E-state index contributed by atoms with van der Waals surface area (Å²) in [5, 5.41) is 3.20. The van der Waals surface area contributed by atoms with Crippen LogP contribution in [0.25, 0.3) is 0 Å². The topological polar surface area (TPSA) is 69.0 Å². The van der Waals surface area contributed by atoms with Crippen molar-refractivity contribution < 1.29 is 14.0 Å². The number of amides is 3. The van der Waals surface area contributed by atoms with E-state index in [-0.39, 0.29) is 24.0 Å². The van der Waals surface area contributed by atoms with Gasteiger partial charge in [0.15, 0.2) is 5.76 Å². The van der Waals surface area contributed by atoms with Gasteiger partial charge in [-0.05, 0) is 37.6 Å². The zero-order valence-corrected chi connectivity index (χ0v) is 16.8. The molecule has 2 fully saturated rings. The zero-order valence-electron chi connectivity index (χ0n) is 16.8. The molecule has 4 rings (SSSR count). The first-order valence-corrected chi connectivity index (χ1v) is 10.2. The minimum atomic E-state index is -0.0806. The van der Waals surface area contributed by atoms with E-state index in [2.05, 4.69) is 29.4 Å². The van der Waals surface area contributed by atoms with Crippen molar-refractivity contribution in [1.29, 1.82) is 0 Å². The molecule has 0 saturated carbocycles. The number of furan rings is 1. The smallest absolute Gasteiger partial charge is 0.318 e. The highest BCUT2D eigenvalue weighted by Crippen LogP contribution is 2.25. The van der Waals surface area contributed by atoms with E-state index in [1.165, 1.54) is 6.26 Å². The molecule has 1 N–H and O–H groups in total. The number of benzene rings is 1. The van der Waals surface area contributed by atoms with Gasteiger partial charge in [0, 0.05) is 38.8 Å². The fourth-order valence-electron chi connectivity index (χ4n) is 4.16. The number of hydrogen-bond acceptors (Lipinski definition) is 4. The molecule has 2 aromatic rings. The highest BCUT2D eigenvalue weighted by atomic mass is 16.3. The summed E-state index contributed by atoms with van der Waals surface area (Å²) < 4.78 is 5.21. The van der Waals surface area contributed by atoms with Gasteiger partial charge in [0.1, 0.15) is 0 Å². The SMILES string of the molecule is CN1CCN(C(=O)NC2CCN(C(=O)c3ccco3)CC2)C(c2ccccc2)C1. The lowest BCUT2D eigenvalue weighted by molar-refractivity contribution is 0.0668. The van der Waals surface area contributed by atoms with Gasteiger partial charge in [-0.3, -0.25) is 4.79 Å². The third-order valence-electron chi connectivity index (χ3n) is 5.87. The molecule has 1 aromatic heterocycles. The van der Waals surface area contributed by atoms with Crippen LogP contribution in [0.5, 0.6) is 0 Å². The lowest BCUT2D eigenvalue weighted by atomic mass is 10.0. The van der Waals surface area contributed by atoms with Crippen LogP contribution in [0.2, 0.25) is 0 Å². The molecule has 0 bridgehead atoms. The number of hydrogen-bond donors (Lipinski definition) is 1. The third kappa shape index (κ3) is 4.45. The molecule has 154 valence electrons. The molecule has 2 saturated heterocycles. The Bertz CT molecular complexity index is 816. The number of urea groups is 1. The Balaban J connectivity index is 1.34. The Kier molecular flexibility index (Phi) is 5.85. The van der Waals surface area contributed by atoms with Crippen molar-refractivity contribution in [2.75, 3.05) is 39.8 Å². The molecule has 1 unspecified atom stereocenters. The highest BCUT2D eigenvalue weighted by Gasteiger charge is 2.32. The number of nitrogens with zero attached hydrogens (tertiary/aromatic N) is 3. The monoisotopic (exact) mass is 396 g/mol. The van der Waals surface area contributed by atoms with Crippen molar-refractivity contribution in [3.63, 3.8) is 0 Å². The molecule has 1 aromatic carbocycles. The summed E-state index contributed by atoms with van der Waals surface area (Å²) in [4.78, 5) is 31.5. The first kappa shape index (κ1) is 19.5. The Morgan fingerprint density at radius 2 is 1.76 bits per heavy atom. The molecule has 2 aliphatic heterocycles. The lowest BCUT2D eigenvalue weighted by Crippen LogP contribution is -2.55.